The molecule has 8 heteroatoms. The highest BCUT2D eigenvalue weighted by Crippen LogP contribution is 2.44. The van der Waals surface area contributed by atoms with E-state index >= 15 is 0 Å². The quantitative estimate of drug-likeness (QED) is 0.522. The molecule has 2 aromatic rings. The lowest BCUT2D eigenvalue weighted by Crippen LogP contribution is -2.42. The van der Waals surface area contributed by atoms with Crippen LogP contribution in [0.2, 0.25) is 0 Å². The predicted octanol–water partition coefficient (Wildman–Crippen LogP) is 3.24. The molecule has 164 valence electrons. The Balaban J connectivity index is 1.46. The van der Waals surface area contributed by atoms with E-state index in [1.54, 1.807) is 0 Å². The summed E-state index contributed by atoms with van der Waals surface area (Å²) in [5.74, 6) is -0.886. The molecule has 0 spiro atoms. The molecule has 3 N–H and O–H groups in total. The number of alkyl carbamates (subject to hydrolysis) is 1. The van der Waals surface area contributed by atoms with Gasteiger partial charge in [-0.2, -0.15) is 11.8 Å². The molecule has 0 aromatic heterocycles. The van der Waals surface area contributed by atoms with Crippen molar-refractivity contribution in [2.24, 2.45) is 0 Å². The molecule has 1 aliphatic carbocycles. The van der Waals surface area contributed by atoms with Crippen LogP contribution < -0.4 is 10.6 Å². The van der Waals surface area contributed by atoms with Gasteiger partial charge in [-0.3, -0.25) is 4.79 Å². The monoisotopic (exact) mass is 442 g/mol. The second-order valence-corrected chi connectivity index (χ2v) is 8.23. The molecular weight excluding hydrogens is 416 g/mol. The van der Waals surface area contributed by atoms with Gasteiger partial charge >= 0.3 is 12.1 Å². The first-order valence-corrected chi connectivity index (χ1v) is 11.5. The van der Waals surface area contributed by atoms with Gasteiger partial charge in [-0.25, -0.2) is 9.59 Å². The van der Waals surface area contributed by atoms with Crippen LogP contribution in [0.5, 0.6) is 0 Å². The number of carboxylic acid groups (broad SMARTS) is 1. The Morgan fingerprint density at radius 3 is 2.26 bits per heavy atom. The number of carbonyl (C=O) groups is 3. The van der Waals surface area contributed by atoms with Crippen molar-refractivity contribution in [1.29, 1.82) is 0 Å². The van der Waals surface area contributed by atoms with Gasteiger partial charge in [0.2, 0.25) is 5.91 Å². The molecule has 0 saturated carbocycles. The number of rotatable bonds is 10. The van der Waals surface area contributed by atoms with E-state index in [4.69, 9.17) is 9.84 Å². The van der Waals surface area contributed by atoms with Crippen molar-refractivity contribution >= 4 is 29.7 Å². The zero-order valence-corrected chi connectivity index (χ0v) is 18.1. The molecule has 0 fully saturated rings. The molecular formula is C23H26N2O5S. The van der Waals surface area contributed by atoms with Crippen molar-refractivity contribution in [1.82, 2.24) is 10.6 Å². The Bertz CT molecular complexity index is 904. The van der Waals surface area contributed by atoms with E-state index in [2.05, 4.69) is 22.8 Å². The second kappa shape index (κ2) is 10.9. The molecule has 0 bridgehead atoms. The molecule has 1 atom stereocenters. The summed E-state index contributed by atoms with van der Waals surface area (Å²) < 4.78 is 5.42. The fourth-order valence-corrected chi connectivity index (χ4v) is 4.16. The molecule has 0 saturated heterocycles. The van der Waals surface area contributed by atoms with Crippen LogP contribution in [-0.4, -0.2) is 54.3 Å². The molecule has 3 rings (SSSR count). The first-order chi connectivity index (χ1) is 15.0. The van der Waals surface area contributed by atoms with Crippen molar-refractivity contribution in [2.45, 2.75) is 24.8 Å². The van der Waals surface area contributed by atoms with Crippen molar-refractivity contribution in [3.8, 4) is 11.1 Å². The molecule has 0 radical (unpaired) electrons. The lowest BCUT2D eigenvalue weighted by molar-refractivity contribution is -0.141. The van der Waals surface area contributed by atoms with Crippen LogP contribution in [0.15, 0.2) is 48.5 Å². The van der Waals surface area contributed by atoms with Crippen molar-refractivity contribution < 1.29 is 24.2 Å². The van der Waals surface area contributed by atoms with E-state index in [1.165, 1.54) is 11.8 Å². The molecule has 31 heavy (non-hydrogen) atoms. The Kier molecular flexibility index (Phi) is 7.94. The third-order valence-corrected chi connectivity index (χ3v) is 5.85. The van der Waals surface area contributed by atoms with E-state index in [1.807, 2.05) is 42.7 Å². The normalized spacial score (nSPS) is 13.1. The molecule has 7 nitrogen and oxygen atoms in total. The number of ether oxygens (including phenoxy) is 1. The SMILES string of the molecule is CSCCC(NC(=O)CCNC(=O)OCC1c2ccccc2-c2ccccc21)C(=O)O. The second-order valence-electron chi connectivity index (χ2n) is 7.24. The van der Waals surface area contributed by atoms with Crippen LogP contribution in [0.25, 0.3) is 11.1 Å². The highest BCUT2D eigenvalue weighted by molar-refractivity contribution is 7.98. The predicted molar refractivity (Wildman–Crippen MR) is 120 cm³/mol. The third kappa shape index (κ3) is 5.79. The molecule has 2 amide bonds. The first-order valence-electron chi connectivity index (χ1n) is 10.1. The van der Waals surface area contributed by atoms with Gasteiger partial charge in [0.25, 0.3) is 0 Å². The minimum atomic E-state index is -1.06. The highest BCUT2D eigenvalue weighted by atomic mass is 32.2. The van der Waals surface area contributed by atoms with Crippen molar-refractivity contribution in [3.63, 3.8) is 0 Å². The zero-order chi connectivity index (χ0) is 22.2. The number of hydrogen-bond donors (Lipinski definition) is 3. The molecule has 0 aliphatic heterocycles. The largest absolute Gasteiger partial charge is 0.480 e. The van der Waals surface area contributed by atoms with Crippen LogP contribution in [0, 0.1) is 0 Å². The van der Waals surface area contributed by atoms with E-state index in [-0.39, 0.29) is 25.5 Å². The fraction of sp³-hybridized carbons (Fsp3) is 0.348. The van der Waals surface area contributed by atoms with Gasteiger partial charge in [-0.05, 0) is 40.7 Å². The summed E-state index contributed by atoms with van der Waals surface area (Å²) in [6.07, 6.45) is 1.60. The maximum atomic E-state index is 12.1. The van der Waals surface area contributed by atoms with E-state index in [0.717, 1.165) is 22.3 Å². The number of aliphatic carboxylic acids is 1. The summed E-state index contributed by atoms with van der Waals surface area (Å²) in [5.41, 5.74) is 4.55. The Labute approximate surface area is 185 Å². The maximum absolute atomic E-state index is 12.1. The van der Waals surface area contributed by atoms with Crippen LogP contribution in [0.4, 0.5) is 4.79 Å². The minimum Gasteiger partial charge on any atom is -0.480 e. The maximum Gasteiger partial charge on any atom is 0.407 e. The highest BCUT2D eigenvalue weighted by Gasteiger charge is 2.29. The lowest BCUT2D eigenvalue weighted by atomic mass is 9.98. The van der Waals surface area contributed by atoms with Gasteiger partial charge in [0, 0.05) is 18.9 Å². The average Bonchev–Trinajstić information content (AvgIpc) is 3.09. The summed E-state index contributed by atoms with van der Waals surface area (Å²) in [4.78, 5) is 35.3. The number of thioether (sulfide) groups is 1. The van der Waals surface area contributed by atoms with Gasteiger partial charge in [0.05, 0.1) is 0 Å². The van der Waals surface area contributed by atoms with Gasteiger partial charge < -0.3 is 20.5 Å². The molecule has 1 aliphatic rings. The van der Waals surface area contributed by atoms with E-state index < -0.39 is 24.0 Å². The summed E-state index contributed by atoms with van der Waals surface area (Å²) in [7, 11) is 0. The smallest absolute Gasteiger partial charge is 0.407 e. The van der Waals surface area contributed by atoms with Gasteiger partial charge in [-0.15, -0.1) is 0 Å². The summed E-state index contributed by atoms with van der Waals surface area (Å²) in [6, 6.07) is 15.2. The zero-order valence-electron chi connectivity index (χ0n) is 17.3. The summed E-state index contributed by atoms with van der Waals surface area (Å²) in [5, 5.41) is 14.2. The summed E-state index contributed by atoms with van der Waals surface area (Å²) >= 11 is 1.52. The van der Waals surface area contributed by atoms with Crippen molar-refractivity contribution in [3.05, 3.63) is 59.7 Å². The van der Waals surface area contributed by atoms with Crippen LogP contribution in [0.1, 0.15) is 29.9 Å². The average molecular weight is 443 g/mol. The number of nitrogens with one attached hydrogen (secondary N) is 2. The Morgan fingerprint density at radius 2 is 1.68 bits per heavy atom. The number of fused-ring (bicyclic) bond motifs is 3. The topological polar surface area (TPSA) is 105 Å². The van der Waals surface area contributed by atoms with Gasteiger partial charge in [-0.1, -0.05) is 48.5 Å². The van der Waals surface area contributed by atoms with Crippen molar-refractivity contribution in [2.75, 3.05) is 25.2 Å². The third-order valence-electron chi connectivity index (χ3n) is 5.21. The Hall–Kier alpha value is -3.00. The number of carbonyl (C=O) groups excluding carboxylic acids is 2. The first kappa shape index (κ1) is 22.7. The summed E-state index contributed by atoms with van der Waals surface area (Å²) in [6.45, 7) is 0.263. The van der Waals surface area contributed by atoms with E-state index in [0.29, 0.717) is 12.2 Å². The number of benzene rings is 2. The van der Waals surface area contributed by atoms with Gasteiger partial charge in [0.15, 0.2) is 0 Å². The number of amides is 2. The van der Waals surface area contributed by atoms with E-state index in [9.17, 15) is 14.4 Å². The van der Waals surface area contributed by atoms with Gasteiger partial charge in [0.1, 0.15) is 12.6 Å². The van der Waals surface area contributed by atoms with Crippen LogP contribution >= 0.6 is 11.8 Å². The number of hydrogen-bond acceptors (Lipinski definition) is 5. The Morgan fingerprint density at radius 1 is 1.06 bits per heavy atom. The fourth-order valence-electron chi connectivity index (χ4n) is 3.69. The molecule has 1 unspecified atom stereocenters. The van der Waals surface area contributed by atoms with Crippen LogP contribution in [0.3, 0.4) is 0 Å². The van der Waals surface area contributed by atoms with Crippen LogP contribution in [-0.2, 0) is 14.3 Å². The minimum absolute atomic E-state index is 0.0206. The number of carboxylic acids is 1. The lowest BCUT2D eigenvalue weighted by Gasteiger charge is -2.15. The standard InChI is InChI=1S/C23H26N2O5S/c1-31-13-11-20(22(27)28)25-21(26)10-12-24-23(29)30-14-19-17-8-4-2-6-15(17)16-7-3-5-9-18(16)19/h2-9,19-20H,10-14H2,1H3,(H,24,29)(H,25,26)(H,27,28). The molecule has 0 heterocycles. The molecule has 2 aromatic carbocycles.